The molecule has 0 saturated heterocycles. The highest BCUT2D eigenvalue weighted by molar-refractivity contribution is 5.58. The molecule has 1 aromatic heterocycles. The van der Waals surface area contributed by atoms with E-state index < -0.39 is 0 Å². The first-order valence-corrected chi connectivity index (χ1v) is 7.04. The van der Waals surface area contributed by atoms with E-state index in [2.05, 4.69) is 48.5 Å². The van der Waals surface area contributed by atoms with Crippen molar-refractivity contribution in [1.82, 2.24) is 14.7 Å². The number of methoxy groups -OCH3 is 1. The van der Waals surface area contributed by atoms with Gasteiger partial charge in [-0.3, -0.25) is 4.68 Å². The second-order valence-corrected chi connectivity index (χ2v) is 5.50. The molecule has 0 aliphatic heterocycles. The summed E-state index contributed by atoms with van der Waals surface area (Å²) in [7, 11) is 7.78. The van der Waals surface area contributed by atoms with E-state index >= 15 is 0 Å². The summed E-state index contributed by atoms with van der Waals surface area (Å²) in [6.07, 6.45) is 1.90. The van der Waals surface area contributed by atoms with Gasteiger partial charge in [-0.1, -0.05) is 6.07 Å². The first-order valence-electron chi connectivity index (χ1n) is 7.04. The lowest BCUT2D eigenvalue weighted by Gasteiger charge is -2.15. The van der Waals surface area contributed by atoms with Crippen LogP contribution in [0.2, 0.25) is 0 Å². The zero-order valence-electron chi connectivity index (χ0n) is 13.5. The zero-order chi connectivity index (χ0) is 15.4. The number of nitrogens with zero attached hydrogens (tertiary/aromatic N) is 3. The first-order chi connectivity index (χ1) is 10.0. The highest BCUT2D eigenvalue weighted by Crippen LogP contribution is 2.26. The topological polar surface area (TPSA) is 42.3 Å². The minimum Gasteiger partial charge on any atom is -0.495 e. The molecule has 0 aliphatic carbocycles. The normalized spacial score (nSPS) is 11.0. The van der Waals surface area contributed by atoms with Crippen LogP contribution in [0.5, 0.6) is 5.75 Å². The number of nitrogens with one attached hydrogen (secondary N) is 1. The molecule has 0 fully saturated rings. The largest absolute Gasteiger partial charge is 0.495 e. The van der Waals surface area contributed by atoms with Crippen LogP contribution < -0.4 is 10.1 Å². The van der Waals surface area contributed by atoms with Gasteiger partial charge in [-0.25, -0.2) is 0 Å². The molecule has 0 atom stereocenters. The summed E-state index contributed by atoms with van der Waals surface area (Å²) in [6, 6.07) is 6.25. The van der Waals surface area contributed by atoms with Gasteiger partial charge in [-0.05, 0) is 38.7 Å². The van der Waals surface area contributed by atoms with Crippen LogP contribution in [0, 0.1) is 6.92 Å². The van der Waals surface area contributed by atoms with Crippen LogP contribution in [-0.2, 0) is 20.1 Å². The van der Waals surface area contributed by atoms with E-state index in [9.17, 15) is 0 Å². The Bertz CT molecular complexity index is 604. The summed E-state index contributed by atoms with van der Waals surface area (Å²) >= 11 is 0. The fourth-order valence-corrected chi connectivity index (χ4v) is 2.26. The van der Waals surface area contributed by atoms with E-state index in [4.69, 9.17) is 4.74 Å². The molecular formula is C16H24N4O. The van der Waals surface area contributed by atoms with Gasteiger partial charge >= 0.3 is 0 Å². The number of ether oxygens (including phenoxy) is 1. The lowest BCUT2D eigenvalue weighted by atomic mass is 10.1. The predicted octanol–water partition coefficient (Wildman–Crippen LogP) is 2.41. The van der Waals surface area contributed by atoms with Crippen LogP contribution in [0.1, 0.15) is 16.8 Å². The highest BCUT2D eigenvalue weighted by atomic mass is 16.5. The summed E-state index contributed by atoms with van der Waals surface area (Å²) in [6.45, 7) is 3.72. The average Bonchev–Trinajstić information content (AvgIpc) is 2.76. The maximum Gasteiger partial charge on any atom is 0.141 e. The molecule has 5 heteroatoms. The van der Waals surface area contributed by atoms with E-state index in [1.165, 1.54) is 16.8 Å². The van der Waals surface area contributed by atoms with Crippen molar-refractivity contribution in [2.45, 2.75) is 20.0 Å². The van der Waals surface area contributed by atoms with Gasteiger partial charge in [0.1, 0.15) is 5.75 Å². The Labute approximate surface area is 126 Å². The monoisotopic (exact) mass is 288 g/mol. The minimum absolute atomic E-state index is 0.738. The number of aryl methyl sites for hydroxylation is 1. The van der Waals surface area contributed by atoms with E-state index in [0.717, 1.165) is 24.5 Å². The Morgan fingerprint density at radius 3 is 2.67 bits per heavy atom. The molecular weight excluding hydrogens is 264 g/mol. The molecule has 0 radical (unpaired) electrons. The van der Waals surface area contributed by atoms with Gasteiger partial charge in [0.05, 0.1) is 19.0 Å². The summed E-state index contributed by atoms with van der Waals surface area (Å²) in [4.78, 5) is 2.15. The van der Waals surface area contributed by atoms with Gasteiger partial charge in [0, 0.05) is 31.4 Å². The van der Waals surface area contributed by atoms with Crippen LogP contribution in [0.3, 0.4) is 0 Å². The molecule has 2 rings (SSSR count). The molecule has 0 spiro atoms. The van der Waals surface area contributed by atoms with Gasteiger partial charge in [0.2, 0.25) is 0 Å². The number of anilines is 1. The third-order valence-electron chi connectivity index (χ3n) is 3.57. The van der Waals surface area contributed by atoms with E-state index in [-0.39, 0.29) is 0 Å². The van der Waals surface area contributed by atoms with Crippen molar-refractivity contribution in [3.8, 4) is 5.75 Å². The Morgan fingerprint density at radius 2 is 2.10 bits per heavy atom. The quantitative estimate of drug-likeness (QED) is 0.886. The molecule has 0 saturated carbocycles. The smallest absolute Gasteiger partial charge is 0.141 e. The van der Waals surface area contributed by atoms with Gasteiger partial charge < -0.3 is 15.0 Å². The third-order valence-corrected chi connectivity index (χ3v) is 3.57. The number of hydrogen-bond acceptors (Lipinski definition) is 4. The van der Waals surface area contributed by atoms with Crippen molar-refractivity contribution >= 4 is 5.69 Å². The Balaban J connectivity index is 2.15. The molecule has 0 amide bonds. The SMILES string of the molecule is COc1ccc(CN(C)C)cc1NCc1cnn(C)c1C. The van der Waals surface area contributed by atoms with E-state index in [1.54, 1.807) is 7.11 Å². The third kappa shape index (κ3) is 3.76. The number of benzene rings is 1. The van der Waals surface area contributed by atoms with Gasteiger partial charge in [-0.15, -0.1) is 0 Å². The van der Waals surface area contributed by atoms with Gasteiger partial charge in [-0.2, -0.15) is 5.10 Å². The summed E-state index contributed by atoms with van der Waals surface area (Å²) in [5.74, 6) is 0.860. The second-order valence-electron chi connectivity index (χ2n) is 5.50. The fourth-order valence-electron chi connectivity index (χ4n) is 2.26. The van der Waals surface area contributed by atoms with E-state index in [1.807, 2.05) is 24.0 Å². The molecule has 114 valence electrons. The maximum atomic E-state index is 5.43. The minimum atomic E-state index is 0.738. The molecule has 0 unspecified atom stereocenters. The lowest BCUT2D eigenvalue weighted by molar-refractivity contribution is 0.400. The molecule has 2 aromatic rings. The fraction of sp³-hybridized carbons (Fsp3) is 0.438. The zero-order valence-corrected chi connectivity index (χ0v) is 13.5. The average molecular weight is 288 g/mol. The standard InChI is InChI=1S/C16H24N4O/c1-12-14(10-18-20(12)4)9-17-15-8-13(11-19(2)3)6-7-16(15)21-5/h6-8,10,17H,9,11H2,1-5H3. The Hall–Kier alpha value is -2.01. The van der Waals surface area contributed by atoms with Crippen molar-refractivity contribution in [1.29, 1.82) is 0 Å². The predicted molar refractivity (Wildman–Crippen MR) is 85.7 cm³/mol. The number of aromatic nitrogens is 2. The highest BCUT2D eigenvalue weighted by Gasteiger charge is 2.08. The Kier molecular flexibility index (Phi) is 4.85. The molecule has 5 nitrogen and oxygen atoms in total. The second kappa shape index (κ2) is 6.63. The summed E-state index contributed by atoms with van der Waals surface area (Å²) in [5, 5.41) is 7.72. The molecule has 0 bridgehead atoms. The van der Waals surface area contributed by atoms with Crippen molar-refractivity contribution in [2.24, 2.45) is 7.05 Å². The van der Waals surface area contributed by atoms with Crippen molar-refractivity contribution in [2.75, 3.05) is 26.5 Å². The Morgan fingerprint density at radius 1 is 1.33 bits per heavy atom. The van der Waals surface area contributed by atoms with Crippen molar-refractivity contribution < 1.29 is 4.74 Å². The first kappa shape index (κ1) is 15.4. The lowest BCUT2D eigenvalue weighted by Crippen LogP contribution is -2.11. The van der Waals surface area contributed by atoms with Crippen LogP contribution in [0.15, 0.2) is 24.4 Å². The van der Waals surface area contributed by atoms with Crippen LogP contribution in [-0.4, -0.2) is 35.9 Å². The maximum absolute atomic E-state index is 5.43. The molecule has 1 heterocycles. The summed E-state index contributed by atoms with van der Waals surface area (Å²) < 4.78 is 7.32. The molecule has 1 aromatic carbocycles. The van der Waals surface area contributed by atoms with Gasteiger partial charge in [0.25, 0.3) is 0 Å². The molecule has 0 aliphatic rings. The van der Waals surface area contributed by atoms with Crippen LogP contribution in [0.25, 0.3) is 0 Å². The van der Waals surface area contributed by atoms with Crippen LogP contribution >= 0.6 is 0 Å². The van der Waals surface area contributed by atoms with Gasteiger partial charge in [0.15, 0.2) is 0 Å². The number of hydrogen-bond donors (Lipinski definition) is 1. The van der Waals surface area contributed by atoms with Crippen LogP contribution in [0.4, 0.5) is 5.69 Å². The summed E-state index contributed by atoms with van der Waals surface area (Å²) in [5.41, 5.74) is 4.63. The van der Waals surface area contributed by atoms with Crippen molar-refractivity contribution in [3.63, 3.8) is 0 Å². The molecule has 1 N–H and O–H groups in total. The van der Waals surface area contributed by atoms with Crippen molar-refractivity contribution in [3.05, 3.63) is 41.2 Å². The molecule has 21 heavy (non-hydrogen) atoms. The number of rotatable bonds is 6. The van der Waals surface area contributed by atoms with E-state index in [0.29, 0.717) is 0 Å².